The van der Waals surface area contributed by atoms with E-state index in [0.717, 1.165) is 6.07 Å². The Hall–Kier alpha value is -3.24. The van der Waals surface area contributed by atoms with Crippen LogP contribution in [0.5, 0.6) is 0 Å². The van der Waals surface area contributed by atoms with Crippen LogP contribution in [-0.2, 0) is 12.7 Å². The van der Waals surface area contributed by atoms with E-state index in [1.54, 1.807) is 23.3 Å². The molecule has 3 heterocycles. The van der Waals surface area contributed by atoms with E-state index < -0.39 is 17.6 Å². The Bertz CT molecular complexity index is 945. The molecule has 0 aliphatic carbocycles. The molecule has 0 radical (unpaired) electrons. The fraction of sp³-hybridized carbons (Fsp3) is 0.312. The van der Waals surface area contributed by atoms with Gasteiger partial charge in [-0.1, -0.05) is 17.3 Å². The molecule has 1 fully saturated rings. The van der Waals surface area contributed by atoms with Gasteiger partial charge in [-0.25, -0.2) is 4.68 Å². The van der Waals surface area contributed by atoms with E-state index in [9.17, 15) is 18.0 Å². The number of carbonyl (C=O) groups excluding carboxylic acids is 1. The van der Waals surface area contributed by atoms with Gasteiger partial charge in [-0.3, -0.25) is 4.79 Å². The molecule has 0 saturated carbocycles. The van der Waals surface area contributed by atoms with Crippen LogP contribution in [0.1, 0.15) is 27.7 Å². The predicted molar refractivity (Wildman–Crippen MR) is 85.5 cm³/mol. The lowest BCUT2D eigenvalue weighted by molar-refractivity contribution is -0.138. The molecule has 4 rings (SSSR count). The molecular weight excluding hydrogens is 363 g/mol. The fourth-order valence-electron chi connectivity index (χ4n) is 2.91. The van der Waals surface area contributed by atoms with Crippen molar-refractivity contribution in [2.45, 2.75) is 18.8 Å². The highest BCUT2D eigenvalue weighted by atomic mass is 19.4. The van der Waals surface area contributed by atoms with Crippen LogP contribution in [0, 0.1) is 0 Å². The summed E-state index contributed by atoms with van der Waals surface area (Å²) in [5.41, 5.74) is -0.612. The van der Waals surface area contributed by atoms with Crippen LogP contribution in [0.4, 0.5) is 13.2 Å². The van der Waals surface area contributed by atoms with E-state index in [1.165, 1.54) is 27.9 Å². The summed E-state index contributed by atoms with van der Waals surface area (Å²) in [4.78, 5) is 15.3. The van der Waals surface area contributed by atoms with Gasteiger partial charge in [-0.05, 0) is 12.1 Å². The van der Waals surface area contributed by atoms with Gasteiger partial charge < -0.3 is 4.90 Å². The molecule has 3 aromatic rings. The van der Waals surface area contributed by atoms with Gasteiger partial charge in [0.1, 0.15) is 12.2 Å². The lowest BCUT2D eigenvalue weighted by Crippen LogP contribution is -2.51. The quantitative estimate of drug-likeness (QED) is 0.690. The van der Waals surface area contributed by atoms with Crippen molar-refractivity contribution in [3.63, 3.8) is 0 Å². The van der Waals surface area contributed by atoms with Crippen molar-refractivity contribution in [2.75, 3.05) is 13.1 Å². The monoisotopic (exact) mass is 377 g/mol. The molecule has 8 nitrogen and oxygen atoms in total. The first-order valence-electron chi connectivity index (χ1n) is 8.12. The Morgan fingerprint density at radius 1 is 1.15 bits per heavy atom. The Labute approximate surface area is 151 Å². The number of carbonyl (C=O) groups is 1. The summed E-state index contributed by atoms with van der Waals surface area (Å²) in [5, 5.41) is 16.0. The molecule has 1 aliphatic rings. The van der Waals surface area contributed by atoms with Gasteiger partial charge >= 0.3 is 6.18 Å². The average Bonchev–Trinajstić information content (AvgIpc) is 3.25. The molecular formula is C16H14F3N7O. The van der Waals surface area contributed by atoms with Crippen LogP contribution >= 0.6 is 0 Å². The van der Waals surface area contributed by atoms with Crippen molar-refractivity contribution in [1.82, 2.24) is 34.9 Å². The maximum Gasteiger partial charge on any atom is 0.417 e. The summed E-state index contributed by atoms with van der Waals surface area (Å²) < 4.78 is 40.9. The topological polar surface area (TPSA) is 81.7 Å². The van der Waals surface area contributed by atoms with E-state index in [1.807, 2.05) is 0 Å². The number of hydrogen-bond donors (Lipinski definition) is 0. The third-order valence-corrected chi connectivity index (χ3v) is 4.31. The van der Waals surface area contributed by atoms with Gasteiger partial charge in [-0.2, -0.15) is 28.2 Å². The standard InChI is InChI=1S/C16H14F3N7O/c17-16(18,19)14-4-2-1-3-13(14)15(27)24-9-12(10-24)25-7-11(22-23-25)8-26-20-5-6-21-26/h1-7,12H,8-10H2. The van der Waals surface area contributed by atoms with E-state index in [4.69, 9.17) is 0 Å². The lowest BCUT2D eigenvalue weighted by atomic mass is 10.0. The second-order valence-electron chi connectivity index (χ2n) is 6.16. The highest BCUT2D eigenvalue weighted by molar-refractivity contribution is 5.96. The molecule has 1 aliphatic heterocycles. The molecule has 1 aromatic carbocycles. The number of hydrogen-bond acceptors (Lipinski definition) is 5. The normalized spacial score (nSPS) is 15.0. The summed E-state index contributed by atoms with van der Waals surface area (Å²) in [6.07, 6.45) is 0.259. The molecule has 1 amide bonds. The number of halogens is 3. The van der Waals surface area contributed by atoms with Crippen LogP contribution in [-0.4, -0.2) is 53.9 Å². The molecule has 0 bridgehead atoms. The maximum atomic E-state index is 13.1. The number of likely N-dealkylation sites (tertiary alicyclic amines) is 1. The van der Waals surface area contributed by atoms with E-state index in [0.29, 0.717) is 12.2 Å². The first kappa shape index (κ1) is 17.2. The molecule has 0 N–H and O–H groups in total. The van der Waals surface area contributed by atoms with E-state index in [-0.39, 0.29) is 24.7 Å². The Kier molecular flexibility index (Phi) is 4.13. The number of amides is 1. The second kappa shape index (κ2) is 6.49. The molecule has 140 valence electrons. The third-order valence-electron chi connectivity index (χ3n) is 4.31. The molecule has 0 atom stereocenters. The largest absolute Gasteiger partial charge is 0.417 e. The van der Waals surface area contributed by atoms with Crippen molar-refractivity contribution >= 4 is 5.91 Å². The zero-order chi connectivity index (χ0) is 19.0. The van der Waals surface area contributed by atoms with Crippen LogP contribution in [0.15, 0.2) is 42.9 Å². The van der Waals surface area contributed by atoms with Crippen LogP contribution < -0.4 is 0 Å². The Balaban J connectivity index is 1.41. The zero-order valence-corrected chi connectivity index (χ0v) is 13.9. The van der Waals surface area contributed by atoms with Crippen LogP contribution in [0.25, 0.3) is 0 Å². The minimum absolute atomic E-state index is 0.126. The summed E-state index contributed by atoms with van der Waals surface area (Å²) in [6, 6.07) is 4.68. The van der Waals surface area contributed by atoms with Crippen molar-refractivity contribution in [3.05, 3.63) is 59.7 Å². The van der Waals surface area contributed by atoms with Crippen molar-refractivity contribution in [2.24, 2.45) is 0 Å². The molecule has 2 aromatic heterocycles. The summed E-state index contributed by atoms with van der Waals surface area (Å²) in [7, 11) is 0. The number of benzene rings is 1. The Morgan fingerprint density at radius 2 is 1.85 bits per heavy atom. The predicted octanol–water partition coefficient (Wildman–Crippen LogP) is 1.63. The maximum absolute atomic E-state index is 13.1. The zero-order valence-electron chi connectivity index (χ0n) is 13.9. The van der Waals surface area contributed by atoms with E-state index >= 15 is 0 Å². The molecule has 11 heteroatoms. The number of rotatable bonds is 4. The van der Waals surface area contributed by atoms with Crippen molar-refractivity contribution < 1.29 is 18.0 Å². The van der Waals surface area contributed by atoms with Gasteiger partial charge in [0.2, 0.25) is 0 Å². The second-order valence-corrected chi connectivity index (χ2v) is 6.16. The SMILES string of the molecule is O=C(c1ccccc1C(F)(F)F)N1CC(n2cc(Cn3nccn3)nn2)C1. The minimum Gasteiger partial charge on any atom is -0.334 e. The van der Waals surface area contributed by atoms with Gasteiger partial charge in [0.25, 0.3) is 5.91 Å². The van der Waals surface area contributed by atoms with Crippen LogP contribution in [0.2, 0.25) is 0 Å². The van der Waals surface area contributed by atoms with Gasteiger partial charge in [0, 0.05) is 13.1 Å². The highest BCUT2D eigenvalue weighted by Crippen LogP contribution is 2.33. The number of aromatic nitrogens is 6. The van der Waals surface area contributed by atoms with Gasteiger partial charge in [0.05, 0.1) is 35.8 Å². The summed E-state index contributed by atoms with van der Waals surface area (Å²) in [6.45, 7) is 0.906. The molecule has 27 heavy (non-hydrogen) atoms. The van der Waals surface area contributed by atoms with E-state index in [2.05, 4.69) is 20.5 Å². The molecule has 0 spiro atoms. The average molecular weight is 377 g/mol. The van der Waals surface area contributed by atoms with Gasteiger partial charge in [-0.15, -0.1) is 5.10 Å². The lowest BCUT2D eigenvalue weighted by Gasteiger charge is -2.39. The van der Waals surface area contributed by atoms with Crippen LogP contribution in [0.3, 0.4) is 0 Å². The first-order valence-corrected chi connectivity index (χ1v) is 8.12. The molecule has 0 unspecified atom stereocenters. The fourth-order valence-corrected chi connectivity index (χ4v) is 2.91. The third kappa shape index (κ3) is 3.39. The first-order chi connectivity index (χ1) is 12.9. The van der Waals surface area contributed by atoms with Crippen molar-refractivity contribution in [3.8, 4) is 0 Å². The smallest absolute Gasteiger partial charge is 0.334 e. The van der Waals surface area contributed by atoms with Gasteiger partial charge in [0.15, 0.2) is 0 Å². The molecule has 1 saturated heterocycles. The summed E-state index contributed by atoms with van der Waals surface area (Å²) in [5.74, 6) is -0.639. The van der Waals surface area contributed by atoms with Crippen molar-refractivity contribution in [1.29, 1.82) is 0 Å². The Morgan fingerprint density at radius 3 is 2.56 bits per heavy atom. The number of alkyl halides is 3. The summed E-state index contributed by atoms with van der Waals surface area (Å²) >= 11 is 0. The number of nitrogens with zero attached hydrogens (tertiary/aromatic N) is 7. The highest BCUT2D eigenvalue weighted by Gasteiger charge is 2.39. The minimum atomic E-state index is -4.57.